The molecule has 1 aromatic carbocycles. The Morgan fingerprint density at radius 3 is 2.72 bits per heavy atom. The molecule has 2 nitrogen and oxygen atoms in total. The van der Waals surface area contributed by atoms with Crippen LogP contribution in [0.25, 0.3) is 11.0 Å². The molecule has 0 aliphatic heterocycles. The Hall–Kier alpha value is -0.800. The van der Waals surface area contributed by atoms with Crippen LogP contribution in [0.15, 0.2) is 18.2 Å². The third-order valence-electron chi connectivity index (χ3n) is 4.04. The van der Waals surface area contributed by atoms with Gasteiger partial charge in [0.25, 0.3) is 0 Å². The summed E-state index contributed by atoms with van der Waals surface area (Å²) < 4.78 is 3.04. The molecule has 18 heavy (non-hydrogen) atoms. The van der Waals surface area contributed by atoms with E-state index in [1.807, 2.05) is 18.2 Å². The lowest BCUT2D eigenvalue weighted by Crippen LogP contribution is -2.16. The lowest BCUT2D eigenvalue weighted by Gasteiger charge is -2.27. The number of rotatable bonds is 1. The van der Waals surface area contributed by atoms with Crippen LogP contribution in [0, 0.1) is 10.7 Å². The van der Waals surface area contributed by atoms with Gasteiger partial charge < -0.3 is 9.55 Å². The van der Waals surface area contributed by atoms with Gasteiger partial charge >= 0.3 is 0 Å². The molecule has 4 heteroatoms. The molecule has 0 radical (unpaired) electrons. The van der Waals surface area contributed by atoms with Gasteiger partial charge in [-0.05, 0) is 56.0 Å². The molecule has 96 valence electrons. The normalized spacial score (nSPS) is 24.6. The van der Waals surface area contributed by atoms with Crippen molar-refractivity contribution in [1.82, 2.24) is 9.55 Å². The number of fused-ring (bicyclic) bond motifs is 1. The molecule has 3 rings (SSSR count). The van der Waals surface area contributed by atoms with Crippen molar-refractivity contribution in [3.8, 4) is 0 Å². The fourth-order valence-electron chi connectivity index (χ4n) is 2.99. The lowest BCUT2D eigenvalue weighted by molar-refractivity contribution is 0.292. The van der Waals surface area contributed by atoms with Crippen molar-refractivity contribution in [2.45, 2.75) is 38.6 Å². The quantitative estimate of drug-likeness (QED) is 0.721. The topological polar surface area (TPSA) is 20.7 Å². The summed E-state index contributed by atoms with van der Waals surface area (Å²) in [5.74, 6) is 0.844. The molecule has 1 saturated carbocycles. The van der Waals surface area contributed by atoms with E-state index < -0.39 is 0 Å². The average molecular weight is 281 g/mol. The summed E-state index contributed by atoms with van der Waals surface area (Å²) in [6.07, 6.45) is 4.97. The molecule has 0 spiro atoms. The first kappa shape index (κ1) is 12.2. The minimum atomic E-state index is 0.502. The van der Waals surface area contributed by atoms with Crippen LogP contribution in [0.1, 0.15) is 38.6 Å². The number of benzene rings is 1. The van der Waals surface area contributed by atoms with E-state index in [4.69, 9.17) is 23.8 Å². The van der Waals surface area contributed by atoms with Gasteiger partial charge in [-0.3, -0.25) is 0 Å². The standard InChI is InChI=1S/C14H17ClN2S/c1-9-5-7-10(8-6-9)17-13-11(15)3-2-4-12(13)16-14(17)18/h2-4,9-10H,5-8H2,1H3,(H,16,18). The van der Waals surface area contributed by atoms with Crippen LogP contribution in [0.4, 0.5) is 0 Å². The number of imidazole rings is 1. The predicted molar refractivity (Wildman–Crippen MR) is 78.8 cm³/mol. The van der Waals surface area contributed by atoms with Crippen molar-refractivity contribution in [3.05, 3.63) is 28.0 Å². The monoisotopic (exact) mass is 280 g/mol. The van der Waals surface area contributed by atoms with Gasteiger partial charge in [0.05, 0.1) is 16.1 Å². The second-order valence-corrected chi connectivity index (χ2v) is 6.14. The number of aromatic amines is 1. The average Bonchev–Trinajstić information content (AvgIpc) is 2.68. The second-order valence-electron chi connectivity index (χ2n) is 5.35. The van der Waals surface area contributed by atoms with Crippen molar-refractivity contribution >= 4 is 34.9 Å². The fourth-order valence-corrected chi connectivity index (χ4v) is 3.60. The van der Waals surface area contributed by atoms with Crippen LogP contribution in [0.2, 0.25) is 5.02 Å². The zero-order valence-electron chi connectivity index (χ0n) is 10.4. The van der Waals surface area contributed by atoms with Crippen LogP contribution in [-0.4, -0.2) is 9.55 Å². The minimum Gasteiger partial charge on any atom is -0.331 e. The molecule has 2 aromatic rings. The molecule has 0 saturated heterocycles. The van der Waals surface area contributed by atoms with Crippen molar-refractivity contribution < 1.29 is 0 Å². The summed E-state index contributed by atoms with van der Waals surface area (Å²) in [7, 11) is 0. The first-order valence-corrected chi connectivity index (χ1v) is 7.34. The number of nitrogens with zero attached hydrogens (tertiary/aromatic N) is 1. The highest BCUT2D eigenvalue weighted by atomic mass is 35.5. The van der Waals surface area contributed by atoms with Crippen LogP contribution in [-0.2, 0) is 0 Å². The summed E-state index contributed by atoms with van der Waals surface area (Å²) in [6.45, 7) is 2.33. The van der Waals surface area contributed by atoms with E-state index in [-0.39, 0.29) is 0 Å². The Morgan fingerprint density at radius 1 is 1.28 bits per heavy atom. The number of hydrogen-bond donors (Lipinski definition) is 1. The van der Waals surface area contributed by atoms with Crippen LogP contribution < -0.4 is 0 Å². The first-order valence-electron chi connectivity index (χ1n) is 6.55. The van der Waals surface area contributed by atoms with E-state index in [9.17, 15) is 0 Å². The van der Waals surface area contributed by atoms with Gasteiger partial charge in [0.1, 0.15) is 0 Å². The van der Waals surface area contributed by atoms with Gasteiger partial charge in [0.2, 0.25) is 0 Å². The molecular weight excluding hydrogens is 264 g/mol. The maximum Gasteiger partial charge on any atom is 0.178 e. The number of aromatic nitrogens is 2. The number of halogens is 1. The largest absolute Gasteiger partial charge is 0.331 e. The molecule has 1 heterocycles. The van der Waals surface area contributed by atoms with E-state index >= 15 is 0 Å². The van der Waals surface area contributed by atoms with E-state index in [1.165, 1.54) is 25.7 Å². The van der Waals surface area contributed by atoms with Gasteiger partial charge in [-0.1, -0.05) is 24.6 Å². The summed E-state index contributed by atoms with van der Waals surface area (Å²) in [5, 5.41) is 0.790. The van der Waals surface area contributed by atoms with Crippen molar-refractivity contribution in [2.24, 2.45) is 5.92 Å². The van der Waals surface area contributed by atoms with Crippen molar-refractivity contribution in [1.29, 1.82) is 0 Å². The third-order valence-corrected chi connectivity index (χ3v) is 4.64. The zero-order valence-corrected chi connectivity index (χ0v) is 12.0. The molecule has 1 aliphatic rings. The Morgan fingerprint density at radius 2 is 2.00 bits per heavy atom. The Labute approximate surface area is 117 Å². The molecule has 1 N–H and O–H groups in total. The molecule has 0 bridgehead atoms. The third kappa shape index (κ3) is 1.99. The molecule has 1 aromatic heterocycles. The highest BCUT2D eigenvalue weighted by Gasteiger charge is 2.22. The second kappa shape index (κ2) is 4.71. The van der Waals surface area contributed by atoms with Gasteiger partial charge in [0.15, 0.2) is 4.77 Å². The highest BCUT2D eigenvalue weighted by Crippen LogP contribution is 2.35. The SMILES string of the molecule is CC1CCC(n2c(=S)[nH]c3cccc(Cl)c32)CC1. The van der Waals surface area contributed by atoms with Crippen LogP contribution in [0.5, 0.6) is 0 Å². The molecular formula is C14H17ClN2S. The number of H-pyrrole nitrogens is 1. The van der Waals surface area contributed by atoms with E-state index in [0.29, 0.717) is 6.04 Å². The summed E-state index contributed by atoms with van der Waals surface area (Å²) in [4.78, 5) is 3.27. The first-order chi connectivity index (χ1) is 8.66. The lowest BCUT2D eigenvalue weighted by atomic mass is 9.87. The summed E-state index contributed by atoms with van der Waals surface area (Å²) in [6, 6.07) is 6.44. The number of hydrogen-bond acceptors (Lipinski definition) is 1. The Bertz CT molecular complexity index is 620. The van der Waals surface area contributed by atoms with Crippen molar-refractivity contribution in [3.63, 3.8) is 0 Å². The van der Waals surface area contributed by atoms with Crippen LogP contribution in [0.3, 0.4) is 0 Å². The molecule has 0 amide bonds. The van der Waals surface area contributed by atoms with E-state index in [2.05, 4.69) is 16.5 Å². The van der Waals surface area contributed by atoms with Gasteiger partial charge in [0, 0.05) is 6.04 Å². The number of para-hydroxylation sites is 1. The molecule has 1 aliphatic carbocycles. The molecule has 0 unspecified atom stereocenters. The zero-order chi connectivity index (χ0) is 12.7. The maximum absolute atomic E-state index is 6.34. The minimum absolute atomic E-state index is 0.502. The summed E-state index contributed by atoms with van der Waals surface area (Å²) in [5.41, 5.74) is 2.12. The Balaban J connectivity index is 2.11. The molecule has 0 atom stereocenters. The highest BCUT2D eigenvalue weighted by molar-refractivity contribution is 7.71. The van der Waals surface area contributed by atoms with E-state index in [1.54, 1.807) is 0 Å². The van der Waals surface area contributed by atoms with Gasteiger partial charge in [-0.15, -0.1) is 0 Å². The summed E-state index contributed by atoms with van der Waals surface area (Å²) >= 11 is 11.8. The predicted octanol–water partition coefficient (Wildman–Crippen LogP) is 5.10. The molecule has 1 fully saturated rings. The van der Waals surface area contributed by atoms with Gasteiger partial charge in [-0.25, -0.2) is 0 Å². The van der Waals surface area contributed by atoms with Gasteiger partial charge in [-0.2, -0.15) is 0 Å². The smallest absolute Gasteiger partial charge is 0.178 e. The Kier molecular flexibility index (Phi) is 3.20. The van der Waals surface area contributed by atoms with E-state index in [0.717, 1.165) is 26.7 Å². The van der Waals surface area contributed by atoms with Crippen molar-refractivity contribution in [2.75, 3.05) is 0 Å². The fraction of sp³-hybridized carbons (Fsp3) is 0.500. The number of nitrogens with one attached hydrogen (secondary N) is 1. The van der Waals surface area contributed by atoms with Crippen LogP contribution >= 0.6 is 23.8 Å². The maximum atomic E-state index is 6.34.